The zero-order valence-electron chi connectivity index (χ0n) is 15.0. The molecule has 2 amide bonds. The Bertz CT molecular complexity index is 952. The number of ether oxygens (including phenoxy) is 2. The zero-order chi connectivity index (χ0) is 21.2. The molecular weight excluding hydrogens is 415 g/mol. The molecule has 1 aromatic heterocycles. The van der Waals surface area contributed by atoms with E-state index < -0.39 is 30.6 Å². The van der Waals surface area contributed by atoms with Crippen LogP contribution in [-0.4, -0.2) is 36.2 Å². The zero-order valence-corrected chi connectivity index (χ0v) is 15.7. The number of benzene rings is 1. The van der Waals surface area contributed by atoms with Crippen molar-refractivity contribution in [3.05, 3.63) is 46.6 Å². The Morgan fingerprint density at radius 3 is 2.86 bits per heavy atom. The van der Waals surface area contributed by atoms with Gasteiger partial charge in [-0.25, -0.2) is 4.98 Å². The molecule has 3 rings (SSSR count). The molecule has 0 unspecified atom stereocenters. The average molecular weight is 430 g/mol. The summed E-state index contributed by atoms with van der Waals surface area (Å²) in [5.41, 5.74) is 1.25. The van der Waals surface area contributed by atoms with Crippen LogP contribution in [-0.2, 0) is 4.79 Å². The van der Waals surface area contributed by atoms with E-state index in [9.17, 15) is 22.8 Å². The van der Waals surface area contributed by atoms with Crippen LogP contribution in [0, 0.1) is 0 Å². The lowest BCUT2D eigenvalue weighted by molar-refractivity contribution is -0.154. The number of halogens is 4. The van der Waals surface area contributed by atoms with Crippen LogP contribution in [0.1, 0.15) is 28.9 Å². The van der Waals surface area contributed by atoms with E-state index in [1.807, 2.05) is 0 Å². The van der Waals surface area contributed by atoms with Gasteiger partial charge >= 0.3 is 6.18 Å². The van der Waals surface area contributed by atoms with E-state index in [-0.39, 0.29) is 23.1 Å². The van der Waals surface area contributed by atoms with Crippen LogP contribution >= 0.6 is 11.6 Å². The number of nitrogens with one attached hydrogen (secondary N) is 2. The van der Waals surface area contributed by atoms with E-state index >= 15 is 0 Å². The lowest BCUT2D eigenvalue weighted by atomic mass is 10.1. The Labute approximate surface area is 168 Å². The number of anilines is 1. The molecule has 0 bridgehead atoms. The number of hydrogen-bond acceptors (Lipinski definition) is 5. The molecule has 0 aliphatic carbocycles. The van der Waals surface area contributed by atoms with Gasteiger partial charge in [0.1, 0.15) is 10.8 Å². The summed E-state index contributed by atoms with van der Waals surface area (Å²) < 4.78 is 46.4. The highest BCUT2D eigenvalue weighted by Crippen LogP contribution is 2.31. The molecule has 2 heterocycles. The summed E-state index contributed by atoms with van der Waals surface area (Å²) in [4.78, 5) is 27.5. The van der Waals surface area contributed by atoms with Crippen LogP contribution < -0.4 is 20.1 Å². The summed E-state index contributed by atoms with van der Waals surface area (Å²) in [7, 11) is 0. The summed E-state index contributed by atoms with van der Waals surface area (Å²) in [6, 6.07) is 5.81. The predicted octanol–water partition coefficient (Wildman–Crippen LogP) is 3.50. The molecule has 0 radical (unpaired) electrons. The molecule has 1 atom stereocenters. The maximum absolute atomic E-state index is 12.4. The number of aromatic nitrogens is 1. The van der Waals surface area contributed by atoms with Crippen LogP contribution in [0.15, 0.2) is 30.5 Å². The normalized spacial score (nSPS) is 14.3. The molecule has 1 aromatic carbocycles. The van der Waals surface area contributed by atoms with Gasteiger partial charge in [0, 0.05) is 6.20 Å². The van der Waals surface area contributed by atoms with Gasteiger partial charge in [0.05, 0.1) is 17.3 Å². The molecule has 11 heteroatoms. The van der Waals surface area contributed by atoms with Gasteiger partial charge in [0.2, 0.25) is 5.88 Å². The lowest BCUT2D eigenvalue weighted by Gasteiger charge is -2.21. The summed E-state index contributed by atoms with van der Waals surface area (Å²) in [5, 5.41) is 5.18. The number of carbonyl (C=O) groups is 2. The third-order valence-electron chi connectivity index (χ3n) is 3.93. The molecule has 154 valence electrons. The molecule has 29 heavy (non-hydrogen) atoms. The number of nitrogens with zero attached hydrogens (tertiary/aromatic N) is 1. The Morgan fingerprint density at radius 2 is 2.17 bits per heavy atom. The lowest BCUT2D eigenvalue weighted by Crippen LogP contribution is -2.28. The highest BCUT2D eigenvalue weighted by atomic mass is 35.5. The quantitative estimate of drug-likeness (QED) is 0.759. The summed E-state index contributed by atoms with van der Waals surface area (Å²) in [6.45, 7) is 0.122. The number of hydrogen-bond donors (Lipinski definition) is 2. The fraction of sp³-hybridized carbons (Fsp3) is 0.278. The molecular formula is C18H15ClF3N3O4. The standard InChI is InChI=1S/C18H15ClF3N3O4/c1-9(10-2-3-14-13(5-10)25-15(26)7-28-14)24-16(27)11-4-12(19)17(23-6-11)29-8-18(20,21)22/h2-6,9H,7-8H2,1H3,(H,24,27)(H,25,26)/t9-/m0/s1. The number of fused-ring (bicyclic) bond motifs is 1. The van der Waals surface area contributed by atoms with Crippen molar-refractivity contribution in [1.82, 2.24) is 10.3 Å². The van der Waals surface area contributed by atoms with Crippen molar-refractivity contribution in [2.75, 3.05) is 18.5 Å². The van der Waals surface area contributed by atoms with E-state index in [0.29, 0.717) is 17.0 Å². The monoisotopic (exact) mass is 429 g/mol. The summed E-state index contributed by atoms with van der Waals surface area (Å²) >= 11 is 5.86. The fourth-order valence-electron chi connectivity index (χ4n) is 2.54. The van der Waals surface area contributed by atoms with Gasteiger partial charge in [-0.15, -0.1) is 0 Å². The summed E-state index contributed by atoms with van der Waals surface area (Å²) in [5.74, 6) is -0.705. The van der Waals surface area contributed by atoms with Crippen LogP contribution in [0.3, 0.4) is 0 Å². The van der Waals surface area contributed by atoms with Gasteiger partial charge in [-0.3, -0.25) is 9.59 Å². The second-order valence-electron chi connectivity index (χ2n) is 6.20. The Hall–Kier alpha value is -3.01. The SMILES string of the molecule is C[C@H](NC(=O)c1cnc(OCC(F)(F)F)c(Cl)c1)c1ccc2c(c1)NC(=O)CO2. The highest BCUT2D eigenvalue weighted by molar-refractivity contribution is 6.32. The first kappa shape index (κ1) is 20.7. The van der Waals surface area contributed by atoms with Crippen molar-refractivity contribution >= 4 is 29.1 Å². The Balaban J connectivity index is 1.67. The number of carbonyl (C=O) groups excluding carboxylic acids is 2. The second-order valence-corrected chi connectivity index (χ2v) is 6.61. The average Bonchev–Trinajstić information content (AvgIpc) is 2.65. The van der Waals surface area contributed by atoms with Gasteiger partial charge in [0.15, 0.2) is 13.2 Å². The summed E-state index contributed by atoms with van der Waals surface area (Å²) in [6.07, 6.45) is -3.46. The van der Waals surface area contributed by atoms with Crippen molar-refractivity contribution in [1.29, 1.82) is 0 Å². The third-order valence-corrected chi connectivity index (χ3v) is 4.20. The van der Waals surface area contributed by atoms with Gasteiger partial charge in [-0.1, -0.05) is 17.7 Å². The molecule has 2 N–H and O–H groups in total. The van der Waals surface area contributed by atoms with Crippen molar-refractivity contribution in [2.45, 2.75) is 19.1 Å². The molecule has 0 spiro atoms. The molecule has 0 fully saturated rings. The first-order valence-corrected chi connectivity index (χ1v) is 8.73. The Kier molecular flexibility index (Phi) is 5.83. The minimum atomic E-state index is -4.53. The molecule has 1 aliphatic heterocycles. The van der Waals surface area contributed by atoms with E-state index in [1.165, 1.54) is 6.07 Å². The van der Waals surface area contributed by atoms with E-state index in [0.717, 1.165) is 6.20 Å². The minimum Gasteiger partial charge on any atom is -0.482 e. The number of rotatable bonds is 5. The van der Waals surface area contributed by atoms with Gasteiger partial charge in [-0.05, 0) is 30.7 Å². The van der Waals surface area contributed by atoms with Gasteiger partial charge < -0.3 is 20.1 Å². The van der Waals surface area contributed by atoms with E-state index in [4.69, 9.17) is 16.3 Å². The van der Waals surface area contributed by atoms with E-state index in [2.05, 4.69) is 20.4 Å². The largest absolute Gasteiger partial charge is 0.482 e. The smallest absolute Gasteiger partial charge is 0.422 e. The second kappa shape index (κ2) is 8.16. The predicted molar refractivity (Wildman–Crippen MR) is 97.2 cm³/mol. The first-order chi connectivity index (χ1) is 13.6. The van der Waals surface area contributed by atoms with Crippen molar-refractivity contribution < 1.29 is 32.2 Å². The Morgan fingerprint density at radius 1 is 1.41 bits per heavy atom. The van der Waals surface area contributed by atoms with E-state index in [1.54, 1.807) is 25.1 Å². The molecule has 0 saturated carbocycles. The molecule has 1 aliphatic rings. The van der Waals surface area contributed by atoms with Crippen LogP contribution in [0.5, 0.6) is 11.6 Å². The van der Waals surface area contributed by atoms with Crippen molar-refractivity contribution in [3.63, 3.8) is 0 Å². The topological polar surface area (TPSA) is 89.5 Å². The first-order valence-electron chi connectivity index (χ1n) is 8.35. The van der Waals surface area contributed by atoms with Crippen molar-refractivity contribution in [3.8, 4) is 11.6 Å². The maximum atomic E-state index is 12.4. The fourth-order valence-corrected chi connectivity index (χ4v) is 2.76. The maximum Gasteiger partial charge on any atom is 0.422 e. The highest BCUT2D eigenvalue weighted by Gasteiger charge is 2.29. The van der Waals surface area contributed by atoms with Crippen LogP contribution in [0.2, 0.25) is 5.02 Å². The van der Waals surface area contributed by atoms with Crippen molar-refractivity contribution in [2.24, 2.45) is 0 Å². The number of amides is 2. The number of pyridine rings is 1. The third kappa shape index (κ3) is 5.29. The van der Waals surface area contributed by atoms with Crippen LogP contribution in [0.4, 0.5) is 18.9 Å². The van der Waals surface area contributed by atoms with Gasteiger partial charge in [0.25, 0.3) is 11.8 Å². The molecule has 2 aromatic rings. The van der Waals surface area contributed by atoms with Crippen LogP contribution in [0.25, 0.3) is 0 Å². The number of alkyl halides is 3. The van der Waals surface area contributed by atoms with Gasteiger partial charge in [-0.2, -0.15) is 13.2 Å². The molecule has 7 nitrogen and oxygen atoms in total. The molecule has 0 saturated heterocycles. The minimum absolute atomic E-state index is 0.0517.